The van der Waals surface area contributed by atoms with E-state index in [1.54, 1.807) is 30.0 Å². The molecule has 1 fully saturated rings. The molecule has 0 atom stereocenters. The molecule has 1 aliphatic heterocycles. The first-order valence-electron chi connectivity index (χ1n) is 9.01. The fourth-order valence-electron chi connectivity index (χ4n) is 3.26. The second-order valence-electron chi connectivity index (χ2n) is 6.76. The van der Waals surface area contributed by atoms with Crippen molar-refractivity contribution in [3.63, 3.8) is 0 Å². The number of rotatable bonds is 5. The summed E-state index contributed by atoms with van der Waals surface area (Å²) in [5, 5.41) is 22.8. The molecule has 0 bridgehead atoms. The predicted octanol–water partition coefficient (Wildman–Crippen LogP) is 3.09. The Kier molecular flexibility index (Phi) is 5.58. The van der Waals surface area contributed by atoms with Crippen molar-refractivity contribution in [2.75, 3.05) is 18.4 Å². The maximum Gasteiger partial charge on any atom is 0.335 e. The summed E-state index contributed by atoms with van der Waals surface area (Å²) in [6, 6.07) is 7.91. The molecular formula is C20H19N3O6. The Labute approximate surface area is 166 Å². The molecule has 1 aliphatic rings. The van der Waals surface area contributed by atoms with Crippen molar-refractivity contribution < 1.29 is 24.4 Å². The summed E-state index contributed by atoms with van der Waals surface area (Å²) >= 11 is 0. The first-order chi connectivity index (χ1) is 13.8. The van der Waals surface area contributed by atoms with Gasteiger partial charge in [-0.2, -0.15) is 0 Å². The first kappa shape index (κ1) is 20.0. The van der Waals surface area contributed by atoms with E-state index in [1.165, 1.54) is 0 Å². The molecule has 9 heteroatoms. The Bertz CT molecular complexity index is 979. The SMILES string of the molecule is Cc1c(NC(=O)c2cc(C(=O)O)cc([N+](=O)[O-])c2)cccc1C(=O)N1CCCC1. The van der Waals surface area contributed by atoms with Crippen LogP contribution >= 0.6 is 0 Å². The molecule has 0 aliphatic carbocycles. The minimum atomic E-state index is -1.38. The number of anilines is 1. The number of hydrogen-bond acceptors (Lipinski definition) is 5. The average Bonchev–Trinajstić information content (AvgIpc) is 3.23. The van der Waals surface area contributed by atoms with Crippen molar-refractivity contribution in [1.29, 1.82) is 0 Å². The highest BCUT2D eigenvalue weighted by molar-refractivity contribution is 6.07. The number of carbonyl (C=O) groups excluding carboxylic acids is 2. The largest absolute Gasteiger partial charge is 0.478 e. The van der Waals surface area contributed by atoms with Crippen LogP contribution in [0.2, 0.25) is 0 Å². The van der Waals surface area contributed by atoms with Gasteiger partial charge in [-0.15, -0.1) is 0 Å². The topological polar surface area (TPSA) is 130 Å². The standard InChI is InChI=1S/C20H19N3O6/c1-12-16(19(25)22-7-2-3-8-22)5-4-6-17(12)21-18(24)13-9-14(20(26)27)11-15(10-13)23(28)29/h4-6,9-11H,2-3,7-8H2,1H3,(H,21,24)(H,26,27). The number of carboxylic acids is 1. The van der Waals surface area contributed by atoms with Gasteiger partial charge in [0.25, 0.3) is 17.5 Å². The molecule has 9 nitrogen and oxygen atoms in total. The van der Waals surface area contributed by atoms with E-state index in [0.717, 1.165) is 31.0 Å². The highest BCUT2D eigenvalue weighted by atomic mass is 16.6. The summed E-state index contributed by atoms with van der Waals surface area (Å²) in [6.07, 6.45) is 1.92. The molecule has 0 aromatic heterocycles. The maximum absolute atomic E-state index is 12.7. The quantitative estimate of drug-likeness (QED) is 0.589. The van der Waals surface area contributed by atoms with Crippen molar-refractivity contribution in [3.8, 4) is 0 Å². The molecule has 0 saturated carbocycles. The van der Waals surface area contributed by atoms with Crippen LogP contribution in [0.3, 0.4) is 0 Å². The number of aromatic carboxylic acids is 1. The van der Waals surface area contributed by atoms with E-state index in [1.807, 2.05) is 0 Å². The Balaban J connectivity index is 1.89. The molecule has 1 saturated heterocycles. The van der Waals surface area contributed by atoms with Gasteiger partial charge in [0.1, 0.15) is 0 Å². The zero-order valence-electron chi connectivity index (χ0n) is 15.7. The second-order valence-corrected chi connectivity index (χ2v) is 6.76. The second kappa shape index (κ2) is 8.09. The molecular weight excluding hydrogens is 378 g/mol. The van der Waals surface area contributed by atoms with Crippen LogP contribution in [0.4, 0.5) is 11.4 Å². The summed E-state index contributed by atoms with van der Waals surface area (Å²) < 4.78 is 0. The molecule has 2 aromatic carbocycles. The summed E-state index contributed by atoms with van der Waals surface area (Å²) in [5.74, 6) is -2.19. The van der Waals surface area contributed by atoms with E-state index < -0.39 is 22.5 Å². The first-order valence-corrected chi connectivity index (χ1v) is 9.01. The van der Waals surface area contributed by atoms with Crippen LogP contribution < -0.4 is 5.32 Å². The van der Waals surface area contributed by atoms with Gasteiger partial charge in [0.05, 0.1) is 10.5 Å². The van der Waals surface area contributed by atoms with E-state index in [-0.39, 0.29) is 17.0 Å². The van der Waals surface area contributed by atoms with Gasteiger partial charge < -0.3 is 15.3 Å². The van der Waals surface area contributed by atoms with Gasteiger partial charge >= 0.3 is 5.97 Å². The Morgan fingerprint density at radius 1 is 1.10 bits per heavy atom. The number of amides is 2. The van der Waals surface area contributed by atoms with Gasteiger partial charge in [0.2, 0.25) is 0 Å². The number of carbonyl (C=O) groups is 3. The van der Waals surface area contributed by atoms with Gasteiger partial charge in [-0.1, -0.05) is 6.07 Å². The van der Waals surface area contributed by atoms with Crippen molar-refractivity contribution in [3.05, 3.63) is 68.8 Å². The Morgan fingerprint density at radius 2 is 1.76 bits per heavy atom. The predicted molar refractivity (Wildman–Crippen MR) is 104 cm³/mol. The molecule has 1 heterocycles. The van der Waals surface area contributed by atoms with Gasteiger partial charge in [0.15, 0.2) is 0 Å². The number of hydrogen-bond donors (Lipinski definition) is 2. The van der Waals surface area contributed by atoms with E-state index in [9.17, 15) is 24.5 Å². The number of non-ortho nitro benzene ring substituents is 1. The summed E-state index contributed by atoms with van der Waals surface area (Å²) in [7, 11) is 0. The average molecular weight is 397 g/mol. The third kappa shape index (κ3) is 4.23. The fraction of sp³-hybridized carbons (Fsp3) is 0.250. The van der Waals surface area contributed by atoms with Gasteiger partial charge in [-0.05, 0) is 43.5 Å². The Morgan fingerprint density at radius 3 is 2.38 bits per heavy atom. The van der Waals surface area contributed by atoms with Gasteiger partial charge in [-0.3, -0.25) is 19.7 Å². The molecule has 0 unspecified atom stereocenters. The molecule has 29 heavy (non-hydrogen) atoms. The lowest BCUT2D eigenvalue weighted by Gasteiger charge is -2.18. The van der Waals surface area contributed by atoms with Crippen LogP contribution in [0.1, 0.15) is 49.5 Å². The molecule has 2 N–H and O–H groups in total. The van der Waals surface area contributed by atoms with Crippen LogP contribution in [-0.4, -0.2) is 45.8 Å². The van der Waals surface area contributed by atoms with Crippen LogP contribution in [0, 0.1) is 17.0 Å². The van der Waals surface area contributed by atoms with Crippen LogP contribution in [0.15, 0.2) is 36.4 Å². The monoisotopic (exact) mass is 397 g/mol. The molecule has 0 radical (unpaired) electrons. The maximum atomic E-state index is 12.7. The molecule has 3 rings (SSSR count). The number of nitrogens with one attached hydrogen (secondary N) is 1. The van der Waals surface area contributed by atoms with Gasteiger partial charge in [0, 0.05) is 42.0 Å². The molecule has 150 valence electrons. The van der Waals surface area contributed by atoms with Gasteiger partial charge in [-0.25, -0.2) is 4.79 Å². The number of carboxylic acid groups (broad SMARTS) is 1. The third-order valence-electron chi connectivity index (χ3n) is 4.84. The summed E-state index contributed by atoms with van der Waals surface area (Å²) in [6.45, 7) is 3.09. The minimum absolute atomic E-state index is 0.111. The third-order valence-corrected chi connectivity index (χ3v) is 4.84. The van der Waals surface area contributed by atoms with E-state index in [0.29, 0.717) is 29.9 Å². The highest BCUT2D eigenvalue weighted by Crippen LogP contribution is 2.24. The number of likely N-dealkylation sites (tertiary alicyclic amines) is 1. The van der Waals surface area contributed by atoms with E-state index in [2.05, 4.69) is 5.32 Å². The smallest absolute Gasteiger partial charge is 0.335 e. The van der Waals surface area contributed by atoms with Crippen LogP contribution in [0.5, 0.6) is 0 Å². The normalized spacial score (nSPS) is 13.2. The van der Waals surface area contributed by atoms with Crippen molar-refractivity contribution in [2.24, 2.45) is 0 Å². The lowest BCUT2D eigenvalue weighted by Crippen LogP contribution is -2.28. The lowest BCUT2D eigenvalue weighted by molar-refractivity contribution is -0.384. The summed E-state index contributed by atoms with van der Waals surface area (Å²) in [5.41, 5.74) is 0.399. The van der Waals surface area contributed by atoms with Crippen molar-refractivity contribution in [1.82, 2.24) is 4.90 Å². The van der Waals surface area contributed by atoms with Crippen molar-refractivity contribution >= 4 is 29.2 Å². The number of nitro benzene ring substituents is 1. The van der Waals surface area contributed by atoms with E-state index >= 15 is 0 Å². The Hall–Kier alpha value is -3.75. The van der Waals surface area contributed by atoms with Crippen molar-refractivity contribution in [2.45, 2.75) is 19.8 Å². The highest BCUT2D eigenvalue weighted by Gasteiger charge is 2.23. The number of benzene rings is 2. The fourth-order valence-corrected chi connectivity index (χ4v) is 3.26. The lowest BCUT2D eigenvalue weighted by atomic mass is 10.0. The van der Waals surface area contributed by atoms with Crippen LogP contribution in [-0.2, 0) is 0 Å². The molecule has 0 spiro atoms. The molecule has 2 amide bonds. The van der Waals surface area contributed by atoms with Crippen LogP contribution in [0.25, 0.3) is 0 Å². The minimum Gasteiger partial charge on any atom is -0.478 e. The van der Waals surface area contributed by atoms with E-state index in [4.69, 9.17) is 5.11 Å². The zero-order chi connectivity index (χ0) is 21.1. The number of nitro groups is 1. The zero-order valence-corrected chi connectivity index (χ0v) is 15.7. The summed E-state index contributed by atoms with van der Waals surface area (Å²) in [4.78, 5) is 48.6. The molecule has 2 aromatic rings. The number of nitrogens with zero attached hydrogens (tertiary/aromatic N) is 2.